The molecule has 0 aliphatic rings. The van der Waals surface area contributed by atoms with Gasteiger partial charge < -0.3 is 10.2 Å². The van der Waals surface area contributed by atoms with Crippen molar-refractivity contribution >= 4 is 50.7 Å². The van der Waals surface area contributed by atoms with Gasteiger partial charge in [-0.05, 0) is 66.3 Å². The Bertz CT molecular complexity index is 1780. The number of aryl methyl sites for hydroxylation is 2. The van der Waals surface area contributed by atoms with Gasteiger partial charge in [-0.2, -0.15) is 0 Å². The molecule has 4 aromatic rings. The van der Waals surface area contributed by atoms with E-state index in [1.807, 2.05) is 70.2 Å². The second kappa shape index (κ2) is 16.3. The van der Waals surface area contributed by atoms with E-state index in [-0.39, 0.29) is 29.7 Å². The van der Waals surface area contributed by atoms with Crippen LogP contribution < -0.4 is 9.62 Å². The molecule has 0 bridgehead atoms. The van der Waals surface area contributed by atoms with Gasteiger partial charge in [-0.15, -0.1) is 0 Å². The molecule has 0 aliphatic carbocycles. The minimum atomic E-state index is -4.20. The van der Waals surface area contributed by atoms with Crippen molar-refractivity contribution in [2.24, 2.45) is 5.92 Å². The lowest BCUT2D eigenvalue weighted by Crippen LogP contribution is -2.53. The molecule has 0 aliphatic heterocycles. The number of hydrogen-bond acceptors (Lipinski definition) is 4. The highest BCUT2D eigenvalue weighted by Crippen LogP contribution is 2.29. The zero-order valence-electron chi connectivity index (χ0n) is 27.1. The number of halogens is 2. The third-order valence-electron chi connectivity index (χ3n) is 7.84. The van der Waals surface area contributed by atoms with Crippen molar-refractivity contribution in [1.82, 2.24) is 10.2 Å². The van der Waals surface area contributed by atoms with E-state index in [2.05, 4.69) is 5.32 Å². The lowest BCUT2D eigenvalue weighted by Gasteiger charge is -2.34. The molecule has 2 amide bonds. The third-order valence-corrected chi connectivity index (χ3v) is 10.2. The molecule has 0 aromatic heterocycles. The number of nitrogens with zero attached hydrogens (tertiary/aromatic N) is 2. The van der Waals surface area contributed by atoms with E-state index >= 15 is 0 Å². The van der Waals surface area contributed by atoms with Crippen molar-refractivity contribution < 1.29 is 18.0 Å². The van der Waals surface area contributed by atoms with Gasteiger partial charge in [-0.1, -0.05) is 116 Å². The Labute approximate surface area is 288 Å². The highest BCUT2D eigenvalue weighted by molar-refractivity contribution is 7.92. The lowest BCUT2D eigenvalue weighted by atomic mass is 10.0. The van der Waals surface area contributed by atoms with Gasteiger partial charge in [-0.3, -0.25) is 13.9 Å². The van der Waals surface area contributed by atoms with Gasteiger partial charge >= 0.3 is 0 Å². The van der Waals surface area contributed by atoms with Crippen LogP contribution in [0.25, 0.3) is 0 Å². The van der Waals surface area contributed by atoms with Crippen LogP contribution in [-0.2, 0) is 39.0 Å². The summed E-state index contributed by atoms with van der Waals surface area (Å²) >= 11 is 12.8. The molecule has 1 atom stereocenters. The molecule has 10 heteroatoms. The van der Waals surface area contributed by atoms with E-state index in [9.17, 15) is 18.0 Å². The highest BCUT2D eigenvalue weighted by Gasteiger charge is 2.35. The number of carbonyl (C=O) groups excluding carboxylic acids is 2. The fourth-order valence-electron chi connectivity index (χ4n) is 5.21. The Balaban J connectivity index is 1.84. The number of rotatable bonds is 14. The molecular formula is C37H41Cl2N3O4S. The molecular weight excluding hydrogens is 653 g/mol. The molecule has 4 aromatic carbocycles. The minimum absolute atomic E-state index is 0.0464. The third kappa shape index (κ3) is 9.37. The van der Waals surface area contributed by atoms with E-state index in [1.54, 1.807) is 54.6 Å². The maximum Gasteiger partial charge on any atom is 0.264 e. The monoisotopic (exact) mass is 693 g/mol. The maximum absolute atomic E-state index is 14.7. The van der Waals surface area contributed by atoms with Crippen molar-refractivity contribution in [3.05, 3.63) is 129 Å². The summed E-state index contributed by atoms with van der Waals surface area (Å²) in [5.41, 5.74) is 3.48. The first-order valence-electron chi connectivity index (χ1n) is 15.6. The Kier molecular flexibility index (Phi) is 12.5. The van der Waals surface area contributed by atoms with Crippen LogP contribution in [0.1, 0.15) is 43.0 Å². The average molecular weight is 695 g/mol. The molecule has 0 spiro atoms. The summed E-state index contributed by atoms with van der Waals surface area (Å²) in [6.07, 6.45) is 0.751. The maximum atomic E-state index is 14.7. The Morgan fingerprint density at radius 2 is 1.51 bits per heavy atom. The van der Waals surface area contributed by atoms with Crippen LogP contribution in [0.3, 0.4) is 0 Å². The van der Waals surface area contributed by atoms with Gasteiger partial charge in [-0.25, -0.2) is 8.42 Å². The van der Waals surface area contributed by atoms with Crippen LogP contribution in [-0.4, -0.2) is 44.3 Å². The van der Waals surface area contributed by atoms with Gasteiger partial charge in [0.05, 0.1) is 10.6 Å². The van der Waals surface area contributed by atoms with Crippen molar-refractivity contribution in [1.29, 1.82) is 0 Å². The molecule has 248 valence electrons. The molecule has 0 saturated heterocycles. The molecule has 4 rings (SSSR count). The average Bonchev–Trinajstić information content (AvgIpc) is 3.05. The van der Waals surface area contributed by atoms with Crippen molar-refractivity contribution in [2.75, 3.05) is 17.4 Å². The summed E-state index contributed by atoms with van der Waals surface area (Å²) in [5.74, 6) is -0.729. The number of amides is 2. The largest absolute Gasteiger partial charge is 0.354 e. The number of carbonyl (C=O) groups is 2. The quantitative estimate of drug-likeness (QED) is 0.148. The topological polar surface area (TPSA) is 86.8 Å². The number of para-hydroxylation sites is 1. The molecule has 0 saturated carbocycles. The fraction of sp³-hybridized carbons (Fsp3) is 0.297. The summed E-state index contributed by atoms with van der Waals surface area (Å²) in [6.45, 7) is 7.61. The summed E-state index contributed by atoms with van der Waals surface area (Å²) in [6, 6.07) is 27.1. The predicted octanol–water partition coefficient (Wildman–Crippen LogP) is 7.47. The summed E-state index contributed by atoms with van der Waals surface area (Å²) < 4.78 is 29.8. The Morgan fingerprint density at radius 1 is 0.851 bits per heavy atom. The van der Waals surface area contributed by atoms with E-state index in [0.29, 0.717) is 34.3 Å². The van der Waals surface area contributed by atoms with E-state index < -0.39 is 28.5 Å². The Morgan fingerprint density at radius 3 is 2.15 bits per heavy atom. The van der Waals surface area contributed by atoms with Gasteiger partial charge in [0.25, 0.3) is 10.0 Å². The zero-order valence-corrected chi connectivity index (χ0v) is 29.4. The molecule has 0 fully saturated rings. The zero-order chi connectivity index (χ0) is 34.1. The molecule has 47 heavy (non-hydrogen) atoms. The SMILES string of the molecule is CCc1ccccc1N(CC(=O)N(Cc1ccc(Cl)cc1Cl)[C@H](Cc1ccccc1)C(=O)NCC(C)C)S(=O)(=O)c1ccc(C)cc1. The fourth-order valence-corrected chi connectivity index (χ4v) is 7.13. The predicted molar refractivity (Wildman–Crippen MR) is 190 cm³/mol. The van der Waals surface area contributed by atoms with Crippen LogP contribution in [0, 0.1) is 12.8 Å². The molecule has 0 radical (unpaired) electrons. The van der Waals surface area contributed by atoms with Crippen LogP contribution >= 0.6 is 23.2 Å². The van der Waals surface area contributed by atoms with Crippen molar-refractivity contribution in [3.63, 3.8) is 0 Å². The van der Waals surface area contributed by atoms with Gasteiger partial charge in [0.2, 0.25) is 11.8 Å². The van der Waals surface area contributed by atoms with Gasteiger partial charge in [0.1, 0.15) is 12.6 Å². The highest BCUT2D eigenvalue weighted by atomic mass is 35.5. The van der Waals surface area contributed by atoms with Crippen LogP contribution in [0.15, 0.2) is 102 Å². The van der Waals surface area contributed by atoms with Crippen LogP contribution in [0.4, 0.5) is 5.69 Å². The number of nitrogens with one attached hydrogen (secondary N) is 1. The van der Waals surface area contributed by atoms with E-state index in [0.717, 1.165) is 21.0 Å². The summed E-state index contributed by atoms with van der Waals surface area (Å²) in [5, 5.41) is 3.75. The second-order valence-electron chi connectivity index (χ2n) is 11.9. The Hall–Kier alpha value is -3.85. The number of hydrogen-bond donors (Lipinski definition) is 1. The molecule has 0 unspecified atom stereocenters. The minimum Gasteiger partial charge on any atom is -0.354 e. The standard InChI is InChI=1S/C37H41Cl2N3O4S/c1-5-29-13-9-10-14-34(29)42(47(45,46)32-19-15-27(4)16-20-32)25-36(43)41(24-30-17-18-31(38)22-33(30)39)35(37(44)40-23-26(2)3)21-28-11-7-6-8-12-28/h6-20,22,26,35H,5,21,23-25H2,1-4H3,(H,40,44)/t35-/m1/s1. The lowest BCUT2D eigenvalue weighted by molar-refractivity contribution is -0.140. The summed E-state index contributed by atoms with van der Waals surface area (Å²) in [7, 11) is -4.20. The normalized spacial score (nSPS) is 12.1. The molecule has 0 heterocycles. The first-order valence-corrected chi connectivity index (χ1v) is 17.8. The van der Waals surface area contributed by atoms with Gasteiger partial charge in [0, 0.05) is 29.6 Å². The van der Waals surface area contributed by atoms with Crippen molar-refractivity contribution in [3.8, 4) is 0 Å². The second-order valence-corrected chi connectivity index (χ2v) is 14.6. The summed E-state index contributed by atoms with van der Waals surface area (Å²) in [4.78, 5) is 30.1. The first kappa shape index (κ1) is 36.0. The number of anilines is 1. The van der Waals surface area contributed by atoms with Crippen LogP contribution in [0.2, 0.25) is 10.0 Å². The number of sulfonamides is 1. The smallest absolute Gasteiger partial charge is 0.264 e. The molecule has 7 nitrogen and oxygen atoms in total. The van der Waals surface area contributed by atoms with E-state index in [4.69, 9.17) is 23.2 Å². The molecule has 1 N–H and O–H groups in total. The van der Waals surface area contributed by atoms with Gasteiger partial charge in [0.15, 0.2) is 0 Å². The first-order chi connectivity index (χ1) is 22.4. The van der Waals surface area contributed by atoms with Crippen molar-refractivity contribution in [2.45, 2.75) is 58.0 Å². The van der Waals surface area contributed by atoms with Crippen LogP contribution in [0.5, 0.6) is 0 Å². The number of benzene rings is 4. The van der Waals surface area contributed by atoms with E-state index in [1.165, 1.54) is 4.90 Å².